The Bertz CT molecular complexity index is 803. The van der Waals surface area contributed by atoms with Crippen LogP contribution in [0.15, 0.2) is 45.4 Å². The summed E-state index contributed by atoms with van der Waals surface area (Å²) in [6.45, 7) is 0. The highest BCUT2D eigenvalue weighted by Gasteiger charge is 2.11. The van der Waals surface area contributed by atoms with E-state index in [1.165, 1.54) is 0 Å². The van der Waals surface area contributed by atoms with E-state index in [4.69, 9.17) is 5.73 Å². The Kier molecular flexibility index (Phi) is 2.49. The van der Waals surface area contributed by atoms with Crippen LogP contribution >= 0.6 is 0 Å². The van der Waals surface area contributed by atoms with Crippen molar-refractivity contribution in [1.82, 2.24) is 25.0 Å². The lowest BCUT2D eigenvalue weighted by molar-refractivity contribution is 0.800. The zero-order chi connectivity index (χ0) is 13.2. The average molecular weight is 256 g/mol. The predicted octanol–water partition coefficient (Wildman–Crippen LogP) is 0.810. The number of rotatable bonds is 2. The SMILES string of the molecule is Nc1nc2nn[nH]n2c(=O)c1N=Nc1ccccc1. The molecule has 0 atom stereocenters. The molecule has 3 aromatic rings. The summed E-state index contributed by atoms with van der Waals surface area (Å²) in [4.78, 5) is 15.9. The molecule has 0 bridgehead atoms. The number of benzene rings is 1. The van der Waals surface area contributed by atoms with Crippen LogP contribution in [0.2, 0.25) is 0 Å². The third-order valence-electron chi connectivity index (χ3n) is 2.37. The first-order valence-electron chi connectivity index (χ1n) is 5.32. The molecule has 3 N–H and O–H groups in total. The number of aromatic amines is 1. The molecule has 0 aliphatic rings. The molecule has 3 rings (SSSR count). The first kappa shape index (κ1) is 11.0. The van der Waals surface area contributed by atoms with Crippen molar-refractivity contribution in [1.29, 1.82) is 0 Å². The summed E-state index contributed by atoms with van der Waals surface area (Å²) in [5.74, 6) is 0.0414. The molecule has 0 aliphatic carbocycles. The predicted molar refractivity (Wildman–Crippen MR) is 66.4 cm³/mol. The average Bonchev–Trinajstić information content (AvgIpc) is 2.88. The summed E-state index contributed by atoms with van der Waals surface area (Å²) in [5, 5.41) is 17.2. The Morgan fingerprint density at radius 3 is 2.79 bits per heavy atom. The third kappa shape index (κ3) is 1.92. The molecule has 2 aromatic heterocycles. The van der Waals surface area contributed by atoms with Crippen LogP contribution < -0.4 is 11.3 Å². The van der Waals surface area contributed by atoms with E-state index in [0.717, 1.165) is 4.52 Å². The molecule has 0 spiro atoms. The van der Waals surface area contributed by atoms with Crippen molar-refractivity contribution < 1.29 is 0 Å². The number of fused-ring (bicyclic) bond motifs is 1. The smallest absolute Gasteiger partial charge is 0.305 e. The van der Waals surface area contributed by atoms with Crippen LogP contribution in [0.4, 0.5) is 17.2 Å². The van der Waals surface area contributed by atoms with E-state index in [0.29, 0.717) is 5.69 Å². The van der Waals surface area contributed by atoms with E-state index in [1.807, 2.05) is 18.2 Å². The van der Waals surface area contributed by atoms with Gasteiger partial charge in [0.25, 0.3) is 5.78 Å². The van der Waals surface area contributed by atoms with Crippen LogP contribution in [0.5, 0.6) is 0 Å². The number of hydrogen-bond acceptors (Lipinski definition) is 7. The van der Waals surface area contributed by atoms with E-state index in [2.05, 4.69) is 30.7 Å². The second kappa shape index (κ2) is 4.29. The first-order chi connectivity index (χ1) is 9.25. The molecule has 1 aromatic carbocycles. The topological polar surface area (TPSA) is 127 Å². The summed E-state index contributed by atoms with van der Waals surface area (Å²) in [6, 6.07) is 8.98. The lowest BCUT2D eigenvalue weighted by Crippen LogP contribution is -2.16. The number of nitrogen functional groups attached to an aromatic ring is 1. The van der Waals surface area contributed by atoms with Crippen molar-refractivity contribution in [3.63, 3.8) is 0 Å². The van der Waals surface area contributed by atoms with Crippen LogP contribution in [-0.2, 0) is 0 Å². The Morgan fingerprint density at radius 2 is 2.00 bits per heavy atom. The number of azo groups is 1. The quantitative estimate of drug-likeness (QED) is 0.656. The number of nitrogens with zero attached hydrogens (tertiary/aromatic N) is 6. The molecule has 0 radical (unpaired) electrons. The third-order valence-corrected chi connectivity index (χ3v) is 2.37. The molecule has 9 nitrogen and oxygen atoms in total. The van der Waals surface area contributed by atoms with Crippen LogP contribution in [0.1, 0.15) is 0 Å². The van der Waals surface area contributed by atoms with E-state index in [1.54, 1.807) is 12.1 Å². The molecule has 0 aliphatic heterocycles. The minimum absolute atomic E-state index is 0.0430. The van der Waals surface area contributed by atoms with Gasteiger partial charge in [0.1, 0.15) is 0 Å². The van der Waals surface area contributed by atoms with Gasteiger partial charge < -0.3 is 5.73 Å². The highest BCUT2D eigenvalue weighted by molar-refractivity contribution is 5.58. The van der Waals surface area contributed by atoms with Gasteiger partial charge in [-0.05, 0) is 17.3 Å². The molecular formula is C10H8N8O. The molecule has 0 saturated heterocycles. The maximum absolute atomic E-state index is 12.0. The first-order valence-corrected chi connectivity index (χ1v) is 5.32. The maximum atomic E-state index is 12.0. The summed E-state index contributed by atoms with van der Waals surface area (Å²) < 4.78 is 1.04. The molecule has 0 unspecified atom stereocenters. The van der Waals surface area contributed by atoms with E-state index < -0.39 is 5.56 Å². The zero-order valence-corrected chi connectivity index (χ0v) is 9.56. The lowest BCUT2D eigenvalue weighted by Gasteiger charge is -1.97. The molecule has 0 amide bonds. The van der Waals surface area contributed by atoms with Crippen LogP contribution in [0.25, 0.3) is 5.78 Å². The van der Waals surface area contributed by atoms with Gasteiger partial charge in [0.15, 0.2) is 11.5 Å². The largest absolute Gasteiger partial charge is 0.382 e. The van der Waals surface area contributed by atoms with Gasteiger partial charge in [-0.25, -0.2) is 0 Å². The Morgan fingerprint density at radius 1 is 1.21 bits per heavy atom. The maximum Gasteiger partial charge on any atom is 0.305 e. The molecule has 0 saturated carbocycles. The Hall–Kier alpha value is -3.10. The van der Waals surface area contributed by atoms with Crippen LogP contribution in [0, 0.1) is 0 Å². The van der Waals surface area contributed by atoms with Gasteiger partial charge in [-0.15, -0.1) is 5.11 Å². The number of nitrogens with two attached hydrogens (primary N) is 1. The van der Waals surface area contributed by atoms with Gasteiger partial charge in [-0.1, -0.05) is 23.3 Å². The van der Waals surface area contributed by atoms with E-state index >= 15 is 0 Å². The van der Waals surface area contributed by atoms with Gasteiger partial charge in [0.05, 0.1) is 5.69 Å². The van der Waals surface area contributed by atoms with Crippen molar-refractivity contribution in [2.75, 3.05) is 5.73 Å². The fraction of sp³-hybridized carbons (Fsp3) is 0. The van der Waals surface area contributed by atoms with Crippen molar-refractivity contribution in [2.45, 2.75) is 0 Å². The van der Waals surface area contributed by atoms with E-state index in [-0.39, 0.29) is 17.3 Å². The second-order valence-corrected chi connectivity index (χ2v) is 3.62. The number of hydrogen-bond donors (Lipinski definition) is 2. The molecule has 94 valence electrons. The number of H-pyrrole nitrogens is 1. The minimum atomic E-state index is -0.507. The Labute approximate surface area is 105 Å². The highest BCUT2D eigenvalue weighted by Crippen LogP contribution is 2.18. The van der Waals surface area contributed by atoms with Gasteiger partial charge in [-0.3, -0.25) is 4.79 Å². The fourth-order valence-corrected chi connectivity index (χ4v) is 1.48. The van der Waals surface area contributed by atoms with E-state index in [9.17, 15) is 4.79 Å². The van der Waals surface area contributed by atoms with Gasteiger partial charge in [-0.2, -0.15) is 19.8 Å². The molecule has 9 heteroatoms. The molecular weight excluding hydrogens is 248 g/mol. The molecule has 19 heavy (non-hydrogen) atoms. The monoisotopic (exact) mass is 256 g/mol. The van der Waals surface area contributed by atoms with Crippen molar-refractivity contribution >= 4 is 23.0 Å². The highest BCUT2D eigenvalue weighted by atomic mass is 16.1. The molecule has 2 heterocycles. The van der Waals surface area contributed by atoms with Crippen molar-refractivity contribution in [3.05, 3.63) is 40.7 Å². The lowest BCUT2D eigenvalue weighted by atomic mass is 10.3. The van der Waals surface area contributed by atoms with Gasteiger partial charge in [0.2, 0.25) is 0 Å². The van der Waals surface area contributed by atoms with Crippen molar-refractivity contribution in [2.24, 2.45) is 10.2 Å². The van der Waals surface area contributed by atoms with Crippen LogP contribution in [0.3, 0.4) is 0 Å². The number of anilines is 1. The normalized spacial score (nSPS) is 11.4. The summed E-state index contributed by atoms with van der Waals surface area (Å²) >= 11 is 0. The summed E-state index contributed by atoms with van der Waals surface area (Å²) in [6.07, 6.45) is 0. The number of aromatic nitrogens is 5. The Balaban J connectivity index is 2.10. The number of nitrogens with one attached hydrogen (secondary N) is 1. The van der Waals surface area contributed by atoms with Crippen LogP contribution in [-0.4, -0.2) is 25.0 Å². The minimum Gasteiger partial charge on any atom is -0.382 e. The van der Waals surface area contributed by atoms with Gasteiger partial charge >= 0.3 is 5.56 Å². The number of tetrazole rings is 1. The second-order valence-electron chi connectivity index (χ2n) is 3.62. The summed E-state index contributed by atoms with van der Waals surface area (Å²) in [5.41, 5.74) is 5.69. The van der Waals surface area contributed by atoms with Gasteiger partial charge in [0, 0.05) is 0 Å². The van der Waals surface area contributed by atoms with Crippen molar-refractivity contribution in [3.8, 4) is 0 Å². The fourth-order valence-electron chi connectivity index (χ4n) is 1.48. The molecule has 0 fully saturated rings. The zero-order valence-electron chi connectivity index (χ0n) is 9.56. The summed E-state index contributed by atoms with van der Waals surface area (Å²) in [7, 11) is 0. The standard InChI is InChI=1S/C10H8N8O/c11-8-7(14-13-6-4-2-1-3-5-6)9(19)18-10(12-8)15-16-17-18/h1-5H,11H2,(H,12,15,17).